The number of carbonyl (C=O) groups is 1. The van der Waals surface area contributed by atoms with Crippen LogP contribution in [-0.4, -0.2) is 30.8 Å². The molecule has 0 radical (unpaired) electrons. The Bertz CT molecular complexity index is 788. The highest BCUT2D eigenvalue weighted by Crippen LogP contribution is 2.05. The number of carboxylic acids is 1. The Labute approximate surface area is 139 Å². The smallest absolute Gasteiger partial charge is 0.303 e. The Morgan fingerprint density at radius 3 is 2.65 bits per heavy atom. The molecular weight excluding hydrogens is 322 g/mol. The lowest BCUT2D eigenvalue weighted by Crippen LogP contribution is -2.33. The zero-order chi connectivity index (χ0) is 16.1. The summed E-state index contributed by atoms with van der Waals surface area (Å²) in [6, 6.07) is 0. The standard InChI is InChI=1S/C15H19N3O4.ClH/c1-2-3-4-5-10-8-18-15(16-9-17-18)13(14(10)22)11(19)6-7-12(20)21;/h8-9,19H,2-7H2,1H3,(H,20,21);1H. The summed E-state index contributed by atoms with van der Waals surface area (Å²) in [7, 11) is 0. The summed E-state index contributed by atoms with van der Waals surface area (Å²) >= 11 is 0. The van der Waals surface area contributed by atoms with Crippen molar-refractivity contribution in [2.75, 3.05) is 0 Å². The quantitative estimate of drug-likeness (QED) is 0.739. The minimum Gasteiger partial charge on any atom is -0.511 e. The molecule has 0 amide bonds. The van der Waals surface area contributed by atoms with Gasteiger partial charge in [-0.15, -0.1) is 12.4 Å². The number of aromatic nitrogens is 3. The van der Waals surface area contributed by atoms with E-state index in [1.165, 1.54) is 10.8 Å². The third-order valence-corrected chi connectivity index (χ3v) is 3.51. The lowest BCUT2D eigenvalue weighted by Gasteiger charge is -2.03. The Hall–Kier alpha value is -2.15. The van der Waals surface area contributed by atoms with Crippen LogP contribution < -0.4 is 10.6 Å². The Kier molecular flexibility index (Phi) is 6.96. The van der Waals surface area contributed by atoms with Crippen molar-refractivity contribution in [2.45, 2.75) is 45.4 Å². The average molecular weight is 342 g/mol. The number of nitrogens with zero attached hydrogens (tertiary/aromatic N) is 3. The Morgan fingerprint density at radius 1 is 1.26 bits per heavy atom. The second kappa shape index (κ2) is 8.47. The van der Waals surface area contributed by atoms with Gasteiger partial charge in [0.2, 0.25) is 0 Å². The maximum atomic E-state index is 12.6. The molecule has 8 heteroatoms. The van der Waals surface area contributed by atoms with Crippen molar-refractivity contribution < 1.29 is 15.0 Å². The van der Waals surface area contributed by atoms with E-state index in [-0.39, 0.29) is 47.3 Å². The molecule has 0 atom stereocenters. The van der Waals surface area contributed by atoms with Crippen molar-refractivity contribution >= 4 is 29.8 Å². The second-order valence-electron chi connectivity index (χ2n) is 5.18. The van der Waals surface area contributed by atoms with Gasteiger partial charge >= 0.3 is 5.97 Å². The average Bonchev–Trinajstić information content (AvgIpc) is 2.93. The van der Waals surface area contributed by atoms with E-state index in [1.54, 1.807) is 6.20 Å². The first-order chi connectivity index (χ1) is 10.5. The molecule has 0 aliphatic carbocycles. The molecule has 7 nitrogen and oxygen atoms in total. The van der Waals surface area contributed by atoms with Crippen molar-refractivity contribution in [1.29, 1.82) is 0 Å². The van der Waals surface area contributed by atoms with Crippen LogP contribution in [0.25, 0.3) is 11.4 Å². The first kappa shape index (κ1) is 18.9. The van der Waals surface area contributed by atoms with Gasteiger partial charge in [0.15, 0.2) is 11.1 Å². The van der Waals surface area contributed by atoms with Gasteiger partial charge in [0, 0.05) is 18.2 Å². The molecule has 0 aliphatic heterocycles. The molecule has 2 aromatic rings. The van der Waals surface area contributed by atoms with E-state index in [4.69, 9.17) is 5.11 Å². The zero-order valence-corrected chi connectivity index (χ0v) is 13.7. The summed E-state index contributed by atoms with van der Waals surface area (Å²) in [5.41, 5.74) is 0.523. The van der Waals surface area contributed by atoms with Gasteiger partial charge in [-0.3, -0.25) is 9.59 Å². The highest BCUT2D eigenvalue weighted by atomic mass is 35.5. The largest absolute Gasteiger partial charge is 0.511 e. The van der Waals surface area contributed by atoms with Crippen molar-refractivity contribution in [3.8, 4) is 0 Å². The van der Waals surface area contributed by atoms with Crippen LogP contribution in [0.4, 0.5) is 0 Å². The molecule has 126 valence electrons. The summed E-state index contributed by atoms with van der Waals surface area (Å²) < 4.78 is 1.45. The molecule has 0 unspecified atom stereocenters. The fraction of sp³-hybridized carbons (Fsp3) is 0.467. The van der Waals surface area contributed by atoms with Crippen molar-refractivity contribution in [3.05, 3.63) is 33.5 Å². The van der Waals surface area contributed by atoms with E-state index in [2.05, 4.69) is 17.0 Å². The number of hydrogen-bond acceptors (Lipinski definition) is 5. The number of pyridine rings is 1. The lowest BCUT2D eigenvalue weighted by atomic mass is 10.1. The number of aryl methyl sites for hydroxylation is 1. The lowest BCUT2D eigenvalue weighted by molar-refractivity contribution is -0.136. The van der Waals surface area contributed by atoms with E-state index < -0.39 is 5.97 Å². The van der Waals surface area contributed by atoms with Crippen LogP contribution in [0, 0.1) is 0 Å². The van der Waals surface area contributed by atoms with Gasteiger partial charge in [-0.25, -0.2) is 9.50 Å². The van der Waals surface area contributed by atoms with Gasteiger partial charge in [0.1, 0.15) is 17.3 Å². The number of rotatable bonds is 7. The molecule has 0 aliphatic rings. The second-order valence-corrected chi connectivity index (χ2v) is 5.18. The van der Waals surface area contributed by atoms with Gasteiger partial charge in [-0.05, 0) is 12.8 Å². The predicted octanol–water partition coefficient (Wildman–Crippen LogP) is 1.49. The first-order valence-corrected chi connectivity index (χ1v) is 7.33. The molecule has 2 rings (SSSR count). The predicted molar refractivity (Wildman–Crippen MR) is 87.9 cm³/mol. The molecule has 0 saturated carbocycles. The summed E-state index contributed by atoms with van der Waals surface area (Å²) in [6.07, 6.45) is 6.12. The number of aliphatic hydroxyl groups is 1. The van der Waals surface area contributed by atoms with Crippen LogP contribution in [0.3, 0.4) is 0 Å². The number of aliphatic hydroxyl groups excluding tert-OH is 1. The summed E-state index contributed by atoms with van der Waals surface area (Å²) in [6.45, 7) is 2.08. The van der Waals surface area contributed by atoms with Gasteiger partial charge < -0.3 is 10.2 Å². The van der Waals surface area contributed by atoms with Crippen LogP contribution >= 0.6 is 12.4 Å². The molecular formula is C15H20ClN3O4. The number of carboxylic acid groups (broad SMARTS) is 1. The zero-order valence-electron chi connectivity index (χ0n) is 12.9. The number of fused-ring (bicyclic) bond motifs is 1. The van der Waals surface area contributed by atoms with Crippen LogP contribution in [-0.2, 0) is 11.2 Å². The fourth-order valence-electron chi connectivity index (χ4n) is 2.35. The molecule has 2 aromatic heterocycles. The minimum absolute atomic E-state index is 0. The maximum Gasteiger partial charge on any atom is 0.303 e. The SMILES string of the molecule is CCCCCc1cn2ncnc2c(=C(O)CCC(=O)O)c1=O.Cl. The normalized spacial score (nSPS) is 12.0. The third kappa shape index (κ3) is 4.41. The molecule has 0 aromatic carbocycles. The molecule has 2 N–H and O–H groups in total. The van der Waals surface area contributed by atoms with Crippen LogP contribution in [0.15, 0.2) is 17.3 Å². The van der Waals surface area contributed by atoms with Crippen LogP contribution in [0.2, 0.25) is 0 Å². The molecule has 2 heterocycles. The van der Waals surface area contributed by atoms with E-state index in [0.717, 1.165) is 19.3 Å². The molecule has 0 saturated heterocycles. The summed E-state index contributed by atoms with van der Waals surface area (Å²) in [5.74, 6) is -1.28. The van der Waals surface area contributed by atoms with Crippen molar-refractivity contribution in [1.82, 2.24) is 14.6 Å². The number of halogens is 1. The fourth-order valence-corrected chi connectivity index (χ4v) is 2.35. The third-order valence-electron chi connectivity index (χ3n) is 3.51. The maximum absolute atomic E-state index is 12.6. The van der Waals surface area contributed by atoms with E-state index in [1.807, 2.05) is 0 Å². The minimum atomic E-state index is -1.03. The highest BCUT2D eigenvalue weighted by molar-refractivity contribution is 5.85. The Morgan fingerprint density at radius 2 is 2.00 bits per heavy atom. The Balaban J connectivity index is 0.00000264. The van der Waals surface area contributed by atoms with Crippen molar-refractivity contribution in [2.24, 2.45) is 0 Å². The summed E-state index contributed by atoms with van der Waals surface area (Å²) in [5, 5.41) is 22.9. The molecule has 0 spiro atoms. The van der Waals surface area contributed by atoms with Crippen LogP contribution in [0.5, 0.6) is 0 Å². The molecule has 23 heavy (non-hydrogen) atoms. The highest BCUT2D eigenvalue weighted by Gasteiger charge is 2.12. The number of aliphatic carboxylic acids is 1. The monoisotopic (exact) mass is 341 g/mol. The van der Waals surface area contributed by atoms with E-state index in [0.29, 0.717) is 12.0 Å². The first-order valence-electron chi connectivity index (χ1n) is 7.33. The van der Waals surface area contributed by atoms with E-state index >= 15 is 0 Å². The van der Waals surface area contributed by atoms with Crippen LogP contribution in [0.1, 0.15) is 44.6 Å². The number of hydrogen-bond donors (Lipinski definition) is 2. The van der Waals surface area contributed by atoms with Gasteiger partial charge in [-0.2, -0.15) is 5.10 Å². The summed E-state index contributed by atoms with van der Waals surface area (Å²) in [4.78, 5) is 27.2. The van der Waals surface area contributed by atoms with Crippen molar-refractivity contribution in [3.63, 3.8) is 0 Å². The number of unbranched alkanes of at least 4 members (excludes halogenated alkanes) is 2. The molecule has 0 fully saturated rings. The van der Waals surface area contributed by atoms with Gasteiger partial charge in [0.25, 0.3) is 0 Å². The molecule has 0 bridgehead atoms. The van der Waals surface area contributed by atoms with E-state index in [9.17, 15) is 14.7 Å². The topological polar surface area (TPSA) is 105 Å². The van der Waals surface area contributed by atoms with Gasteiger partial charge in [0.05, 0.1) is 6.42 Å². The van der Waals surface area contributed by atoms with Gasteiger partial charge in [-0.1, -0.05) is 19.8 Å².